The maximum Gasteiger partial charge on any atom is 0.236 e. The average molecular weight is 323 g/mol. The number of carbonyl (C=O) groups excluding carboxylic acids is 1. The highest BCUT2D eigenvalue weighted by molar-refractivity contribution is 5.92. The summed E-state index contributed by atoms with van der Waals surface area (Å²) in [6.45, 7) is 1.93. The molecular formula is C18H17N3O3. The van der Waals surface area contributed by atoms with Gasteiger partial charge in [0.05, 0.1) is 7.11 Å². The summed E-state index contributed by atoms with van der Waals surface area (Å²) in [6.07, 6.45) is 0.0253. The van der Waals surface area contributed by atoms with Crippen LogP contribution in [0.4, 0.5) is 5.69 Å². The van der Waals surface area contributed by atoms with Crippen LogP contribution in [0.15, 0.2) is 53.1 Å². The fraction of sp³-hybridized carbons (Fsp3) is 0.167. The molecule has 0 spiro atoms. The predicted octanol–water partition coefficient (Wildman–Crippen LogP) is 3.23. The molecule has 6 nitrogen and oxygen atoms in total. The van der Waals surface area contributed by atoms with Crippen molar-refractivity contribution in [3.63, 3.8) is 0 Å². The Bertz CT molecular complexity index is 841. The van der Waals surface area contributed by atoms with Crippen LogP contribution in [0.2, 0.25) is 0 Å². The maximum absolute atomic E-state index is 12.1. The Morgan fingerprint density at radius 1 is 1.17 bits per heavy atom. The maximum atomic E-state index is 12.1. The number of benzene rings is 2. The van der Waals surface area contributed by atoms with Crippen molar-refractivity contribution < 1.29 is 14.1 Å². The molecule has 0 aliphatic heterocycles. The number of carbonyl (C=O) groups is 1. The molecule has 1 heterocycles. The zero-order valence-electron chi connectivity index (χ0n) is 13.4. The lowest BCUT2D eigenvalue weighted by atomic mass is 10.2. The van der Waals surface area contributed by atoms with Gasteiger partial charge in [0.15, 0.2) is 0 Å². The van der Waals surface area contributed by atoms with Crippen molar-refractivity contribution in [2.24, 2.45) is 0 Å². The normalized spacial score (nSPS) is 10.4. The van der Waals surface area contributed by atoms with Crippen LogP contribution in [-0.4, -0.2) is 23.2 Å². The molecule has 0 radical (unpaired) electrons. The Morgan fingerprint density at radius 3 is 2.62 bits per heavy atom. The number of aromatic nitrogens is 2. The highest BCUT2D eigenvalue weighted by Crippen LogP contribution is 2.20. The molecule has 0 saturated carbocycles. The molecular weight excluding hydrogens is 306 g/mol. The second-order valence-electron chi connectivity index (χ2n) is 5.28. The second-order valence-corrected chi connectivity index (χ2v) is 5.28. The first-order chi connectivity index (χ1) is 11.7. The summed E-state index contributed by atoms with van der Waals surface area (Å²) in [5, 5.41) is 6.75. The lowest BCUT2D eigenvalue weighted by Gasteiger charge is -2.06. The molecule has 3 aromatic rings. The van der Waals surface area contributed by atoms with E-state index in [9.17, 15) is 4.79 Å². The molecule has 6 heteroatoms. The summed E-state index contributed by atoms with van der Waals surface area (Å²) in [5.74, 6) is 1.26. The van der Waals surface area contributed by atoms with Crippen LogP contribution in [0.5, 0.6) is 5.75 Å². The molecule has 1 amide bonds. The quantitative estimate of drug-likeness (QED) is 0.780. The van der Waals surface area contributed by atoms with Gasteiger partial charge in [0.25, 0.3) is 0 Å². The summed E-state index contributed by atoms with van der Waals surface area (Å²) in [5.41, 5.74) is 2.57. The Balaban J connectivity index is 1.67. The zero-order chi connectivity index (χ0) is 16.9. The molecule has 0 bridgehead atoms. The first kappa shape index (κ1) is 15.7. The van der Waals surface area contributed by atoms with Gasteiger partial charge in [-0.05, 0) is 42.8 Å². The Hall–Kier alpha value is -3.15. The number of rotatable bonds is 5. The smallest absolute Gasteiger partial charge is 0.236 e. The zero-order valence-corrected chi connectivity index (χ0v) is 13.4. The molecule has 0 unspecified atom stereocenters. The van der Waals surface area contributed by atoms with Crippen LogP contribution < -0.4 is 10.1 Å². The van der Waals surface area contributed by atoms with Crippen molar-refractivity contribution in [3.05, 3.63) is 60.0 Å². The van der Waals surface area contributed by atoms with Crippen LogP contribution in [0.3, 0.4) is 0 Å². The van der Waals surface area contributed by atoms with E-state index in [1.165, 1.54) is 0 Å². The van der Waals surface area contributed by atoms with Gasteiger partial charge in [0.1, 0.15) is 12.2 Å². The predicted molar refractivity (Wildman–Crippen MR) is 89.8 cm³/mol. The number of anilines is 1. The SMILES string of the molecule is COc1ccc(-c2noc(CC(=O)Nc3ccccc3C)n2)cc1. The van der Waals surface area contributed by atoms with Crippen LogP contribution >= 0.6 is 0 Å². The molecule has 2 aromatic carbocycles. The summed E-state index contributed by atoms with van der Waals surface area (Å²) in [6, 6.07) is 14.9. The first-order valence-electron chi connectivity index (χ1n) is 7.48. The summed E-state index contributed by atoms with van der Waals surface area (Å²) in [4.78, 5) is 16.4. The number of ether oxygens (including phenoxy) is 1. The topological polar surface area (TPSA) is 77.2 Å². The fourth-order valence-electron chi connectivity index (χ4n) is 2.23. The molecule has 0 aliphatic carbocycles. The van der Waals surface area contributed by atoms with E-state index < -0.39 is 0 Å². The molecule has 0 fully saturated rings. The van der Waals surface area contributed by atoms with Gasteiger partial charge >= 0.3 is 0 Å². The Morgan fingerprint density at radius 2 is 1.92 bits per heavy atom. The number of hydrogen-bond acceptors (Lipinski definition) is 5. The minimum absolute atomic E-state index is 0.0253. The fourth-order valence-corrected chi connectivity index (χ4v) is 2.23. The minimum atomic E-state index is -0.200. The lowest BCUT2D eigenvalue weighted by Crippen LogP contribution is -2.15. The Kier molecular flexibility index (Phi) is 4.56. The molecule has 0 saturated heterocycles. The van der Waals surface area contributed by atoms with E-state index in [2.05, 4.69) is 15.5 Å². The van der Waals surface area contributed by atoms with Gasteiger partial charge in [-0.2, -0.15) is 4.98 Å². The van der Waals surface area contributed by atoms with E-state index in [-0.39, 0.29) is 18.2 Å². The van der Waals surface area contributed by atoms with E-state index in [0.717, 1.165) is 22.6 Å². The van der Waals surface area contributed by atoms with Crippen LogP contribution in [0, 0.1) is 6.92 Å². The monoisotopic (exact) mass is 323 g/mol. The number of amides is 1. The second kappa shape index (κ2) is 6.95. The lowest BCUT2D eigenvalue weighted by molar-refractivity contribution is -0.115. The van der Waals surface area contributed by atoms with Crippen molar-refractivity contribution in [1.29, 1.82) is 0 Å². The van der Waals surface area contributed by atoms with E-state index in [1.807, 2.05) is 55.5 Å². The summed E-state index contributed by atoms with van der Waals surface area (Å²) >= 11 is 0. The summed E-state index contributed by atoms with van der Waals surface area (Å²) in [7, 11) is 1.61. The van der Waals surface area contributed by atoms with Crippen LogP contribution in [-0.2, 0) is 11.2 Å². The number of nitrogens with zero attached hydrogens (tertiary/aromatic N) is 2. The van der Waals surface area contributed by atoms with E-state index in [0.29, 0.717) is 5.82 Å². The molecule has 0 atom stereocenters. The van der Waals surface area contributed by atoms with Crippen molar-refractivity contribution in [2.45, 2.75) is 13.3 Å². The first-order valence-corrected chi connectivity index (χ1v) is 7.48. The van der Waals surface area contributed by atoms with Gasteiger partial charge in [-0.1, -0.05) is 23.4 Å². The van der Waals surface area contributed by atoms with Crippen LogP contribution in [0.25, 0.3) is 11.4 Å². The number of nitrogens with one attached hydrogen (secondary N) is 1. The molecule has 3 rings (SSSR count). The number of aryl methyl sites for hydroxylation is 1. The standard InChI is InChI=1S/C18H17N3O3/c1-12-5-3-4-6-15(12)19-16(22)11-17-20-18(21-24-17)13-7-9-14(23-2)10-8-13/h3-10H,11H2,1-2H3,(H,19,22). The van der Waals surface area contributed by atoms with Gasteiger partial charge in [0.2, 0.25) is 17.6 Å². The van der Waals surface area contributed by atoms with Crippen molar-refractivity contribution in [3.8, 4) is 17.1 Å². The third-order valence-electron chi connectivity index (χ3n) is 3.55. The number of hydrogen-bond donors (Lipinski definition) is 1. The van der Waals surface area contributed by atoms with E-state index in [1.54, 1.807) is 7.11 Å². The average Bonchev–Trinajstić information content (AvgIpc) is 3.05. The Labute approximate surface area is 139 Å². The molecule has 0 aliphatic rings. The highest BCUT2D eigenvalue weighted by atomic mass is 16.5. The third kappa shape index (κ3) is 3.60. The van der Waals surface area contributed by atoms with E-state index in [4.69, 9.17) is 9.26 Å². The molecule has 122 valence electrons. The molecule has 24 heavy (non-hydrogen) atoms. The van der Waals surface area contributed by atoms with Gasteiger partial charge in [-0.15, -0.1) is 0 Å². The van der Waals surface area contributed by atoms with Crippen LogP contribution in [0.1, 0.15) is 11.5 Å². The van der Waals surface area contributed by atoms with Gasteiger partial charge < -0.3 is 14.6 Å². The van der Waals surface area contributed by atoms with Crippen molar-refractivity contribution in [1.82, 2.24) is 10.1 Å². The largest absolute Gasteiger partial charge is 0.497 e. The minimum Gasteiger partial charge on any atom is -0.497 e. The number of para-hydroxylation sites is 1. The van der Waals surface area contributed by atoms with E-state index >= 15 is 0 Å². The summed E-state index contributed by atoms with van der Waals surface area (Å²) < 4.78 is 10.3. The third-order valence-corrected chi connectivity index (χ3v) is 3.55. The van der Waals surface area contributed by atoms with Crippen molar-refractivity contribution >= 4 is 11.6 Å². The molecule has 1 N–H and O–H groups in total. The highest BCUT2D eigenvalue weighted by Gasteiger charge is 2.13. The van der Waals surface area contributed by atoms with Gasteiger partial charge in [-0.3, -0.25) is 4.79 Å². The van der Waals surface area contributed by atoms with Crippen molar-refractivity contribution in [2.75, 3.05) is 12.4 Å². The molecule has 1 aromatic heterocycles. The van der Waals surface area contributed by atoms with Gasteiger partial charge in [0, 0.05) is 11.3 Å². The van der Waals surface area contributed by atoms with Gasteiger partial charge in [-0.25, -0.2) is 0 Å². The number of methoxy groups -OCH3 is 1.